The molecule has 0 fully saturated rings. The summed E-state index contributed by atoms with van der Waals surface area (Å²) in [4.78, 5) is 41.8. The lowest BCUT2D eigenvalue weighted by Gasteiger charge is -2.01. The first-order valence-electron chi connectivity index (χ1n) is 3.78. The molecule has 0 spiro atoms. The van der Waals surface area contributed by atoms with Crippen LogP contribution in [-0.2, 0) is 9.63 Å². The van der Waals surface area contributed by atoms with Crippen LogP contribution in [0.4, 0.5) is 0 Å². The van der Waals surface area contributed by atoms with E-state index < -0.39 is 24.0 Å². The molecule has 1 amide bonds. The Hall–Kier alpha value is -2.22. The number of nitrogens with one attached hydrogen (secondary N) is 2. The monoisotopic (exact) mass is 213 g/mol. The van der Waals surface area contributed by atoms with Crippen molar-refractivity contribution >= 4 is 11.9 Å². The van der Waals surface area contributed by atoms with E-state index in [4.69, 9.17) is 5.11 Å². The molecule has 1 rings (SSSR count). The highest BCUT2D eigenvalue weighted by Crippen LogP contribution is 1.87. The van der Waals surface area contributed by atoms with Gasteiger partial charge >= 0.3 is 5.97 Å². The summed E-state index contributed by atoms with van der Waals surface area (Å²) >= 11 is 0. The van der Waals surface area contributed by atoms with E-state index in [0.717, 1.165) is 12.4 Å². The second-order valence-corrected chi connectivity index (χ2v) is 2.41. The molecule has 1 aromatic heterocycles. The van der Waals surface area contributed by atoms with Crippen molar-refractivity contribution in [3.05, 3.63) is 28.4 Å². The molecule has 0 aliphatic rings. The van der Waals surface area contributed by atoms with Crippen molar-refractivity contribution in [1.82, 2.24) is 15.4 Å². The van der Waals surface area contributed by atoms with Crippen molar-refractivity contribution in [1.29, 1.82) is 0 Å². The lowest BCUT2D eigenvalue weighted by atomic mass is 10.4. The Kier molecular flexibility index (Phi) is 3.52. The highest BCUT2D eigenvalue weighted by molar-refractivity contribution is 5.91. The number of hydrogen-bond acceptors (Lipinski definition) is 5. The van der Waals surface area contributed by atoms with Crippen LogP contribution in [0.15, 0.2) is 17.2 Å². The maximum Gasteiger partial charge on any atom is 0.332 e. The summed E-state index contributed by atoms with van der Waals surface area (Å²) in [5.41, 5.74) is 1.32. The Morgan fingerprint density at radius 2 is 2.33 bits per heavy atom. The molecule has 8 nitrogen and oxygen atoms in total. The zero-order valence-electron chi connectivity index (χ0n) is 7.39. The van der Waals surface area contributed by atoms with Gasteiger partial charge in [-0.15, -0.1) is 0 Å². The van der Waals surface area contributed by atoms with Crippen molar-refractivity contribution in [2.45, 2.75) is 0 Å². The first-order valence-corrected chi connectivity index (χ1v) is 3.78. The number of H-pyrrole nitrogens is 1. The van der Waals surface area contributed by atoms with Gasteiger partial charge in [-0.3, -0.25) is 14.4 Å². The van der Waals surface area contributed by atoms with Gasteiger partial charge in [-0.1, -0.05) is 0 Å². The summed E-state index contributed by atoms with van der Waals surface area (Å²) in [5, 5.41) is 8.19. The highest BCUT2D eigenvalue weighted by Gasteiger charge is 2.07. The van der Waals surface area contributed by atoms with Gasteiger partial charge in [0.15, 0.2) is 6.61 Å². The van der Waals surface area contributed by atoms with E-state index in [1.807, 2.05) is 5.48 Å². The Morgan fingerprint density at radius 1 is 1.60 bits per heavy atom. The number of aromatic nitrogens is 2. The average molecular weight is 213 g/mol. The van der Waals surface area contributed by atoms with E-state index in [0.29, 0.717) is 0 Å². The van der Waals surface area contributed by atoms with Crippen LogP contribution in [-0.4, -0.2) is 33.6 Å². The smallest absolute Gasteiger partial charge is 0.332 e. The number of carboxylic acid groups (broad SMARTS) is 1. The second kappa shape index (κ2) is 4.86. The van der Waals surface area contributed by atoms with E-state index in [1.54, 1.807) is 0 Å². The van der Waals surface area contributed by atoms with Crippen LogP contribution in [0.5, 0.6) is 0 Å². The average Bonchev–Trinajstić information content (AvgIpc) is 2.18. The van der Waals surface area contributed by atoms with Crippen LogP contribution in [0.25, 0.3) is 0 Å². The van der Waals surface area contributed by atoms with Crippen LogP contribution >= 0.6 is 0 Å². The molecule has 0 saturated heterocycles. The first kappa shape index (κ1) is 10.9. The number of aromatic amines is 1. The molecule has 0 unspecified atom stereocenters. The topological polar surface area (TPSA) is 121 Å². The Bertz CT molecular complexity index is 406. The van der Waals surface area contributed by atoms with Gasteiger partial charge in [0.1, 0.15) is 5.69 Å². The minimum Gasteiger partial charge on any atom is -0.479 e. The molecule has 0 aliphatic heterocycles. The van der Waals surface area contributed by atoms with E-state index in [9.17, 15) is 14.4 Å². The summed E-state index contributed by atoms with van der Waals surface area (Å²) in [6.07, 6.45) is 2.01. The minimum absolute atomic E-state index is 0.0833. The van der Waals surface area contributed by atoms with E-state index >= 15 is 0 Å². The molecule has 8 heteroatoms. The normalized spacial score (nSPS) is 9.60. The molecule has 1 aromatic rings. The second-order valence-electron chi connectivity index (χ2n) is 2.41. The molecule has 0 aliphatic carbocycles. The number of carbonyl (C=O) groups excluding carboxylic acids is 1. The number of carboxylic acids is 1. The van der Waals surface area contributed by atoms with Crippen LogP contribution in [0.2, 0.25) is 0 Å². The predicted octanol–water partition coefficient (Wildman–Crippen LogP) is -1.48. The zero-order valence-corrected chi connectivity index (χ0v) is 7.39. The van der Waals surface area contributed by atoms with Crippen molar-refractivity contribution in [2.24, 2.45) is 0 Å². The van der Waals surface area contributed by atoms with Gasteiger partial charge in [-0.25, -0.2) is 15.3 Å². The summed E-state index contributed by atoms with van der Waals surface area (Å²) in [6, 6.07) is 0. The lowest BCUT2D eigenvalue weighted by Crippen LogP contribution is -2.28. The molecule has 0 radical (unpaired) electrons. The number of carbonyl (C=O) groups is 2. The number of rotatable bonds is 4. The number of nitrogens with zero attached hydrogens (tertiary/aromatic N) is 1. The van der Waals surface area contributed by atoms with Crippen molar-refractivity contribution in [3.63, 3.8) is 0 Å². The summed E-state index contributed by atoms with van der Waals surface area (Å²) in [7, 11) is 0. The van der Waals surface area contributed by atoms with Crippen LogP contribution in [0, 0.1) is 0 Å². The van der Waals surface area contributed by atoms with Crippen molar-refractivity contribution < 1.29 is 19.5 Å². The number of aliphatic carboxylic acids is 1. The fraction of sp³-hybridized carbons (Fsp3) is 0.143. The number of hydroxylamine groups is 1. The maximum absolute atomic E-state index is 11.1. The van der Waals surface area contributed by atoms with Crippen LogP contribution in [0.1, 0.15) is 10.5 Å². The molecule has 0 saturated carbocycles. The first-order chi connectivity index (χ1) is 7.09. The van der Waals surface area contributed by atoms with Gasteiger partial charge in [0.2, 0.25) is 0 Å². The largest absolute Gasteiger partial charge is 0.479 e. The molecule has 0 aromatic carbocycles. The van der Waals surface area contributed by atoms with Gasteiger partial charge in [0.05, 0.1) is 6.20 Å². The van der Waals surface area contributed by atoms with E-state index in [2.05, 4.69) is 14.8 Å². The molecular formula is C7H7N3O5. The number of amides is 1. The van der Waals surface area contributed by atoms with E-state index in [-0.39, 0.29) is 5.69 Å². The van der Waals surface area contributed by atoms with Crippen LogP contribution in [0.3, 0.4) is 0 Å². The van der Waals surface area contributed by atoms with Gasteiger partial charge in [-0.05, 0) is 0 Å². The van der Waals surface area contributed by atoms with Gasteiger partial charge in [-0.2, -0.15) is 0 Å². The fourth-order valence-corrected chi connectivity index (χ4v) is 0.682. The molecule has 1 heterocycles. The van der Waals surface area contributed by atoms with Gasteiger partial charge in [0.25, 0.3) is 11.5 Å². The van der Waals surface area contributed by atoms with Crippen molar-refractivity contribution in [2.75, 3.05) is 6.61 Å². The SMILES string of the molecule is O=C(O)CONC(=O)c1c[nH]c(=O)cn1. The van der Waals surface area contributed by atoms with Gasteiger partial charge in [0, 0.05) is 6.20 Å². The third kappa shape index (κ3) is 3.56. The summed E-state index contributed by atoms with van der Waals surface area (Å²) < 4.78 is 0. The third-order valence-corrected chi connectivity index (χ3v) is 1.27. The molecule has 15 heavy (non-hydrogen) atoms. The molecular weight excluding hydrogens is 206 g/mol. The lowest BCUT2D eigenvalue weighted by molar-refractivity contribution is -0.144. The zero-order chi connectivity index (χ0) is 11.3. The molecule has 0 bridgehead atoms. The molecule has 3 N–H and O–H groups in total. The highest BCUT2D eigenvalue weighted by atomic mass is 16.7. The number of hydrogen-bond donors (Lipinski definition) is 3. The molecule has 80 valence electrons. The van der Waals surface area contributed by atoms with Crippen LogP contribution < -0.4 is 11.0 Å². The molecule has 0 atom stereocenters. The van der Waals surface area contributed by atoms with Crippen molar-refractivity contribution in [3.8, 4) is 0 Å². The predicted molar refractivity (Wildman–Crippen MR) is 45.9 cm³/mol. The summed E-state index contributed by atoms with van der Waals surface area (Å²) in [5.74, 6) is -1.96. The Labute approximate surface area is 82.9 Å². The fourth-order valence-electron chi connectivity index (χ4n) is 0.682. The minimum atomic E-state index is -1.22. The Balaban J connectivity index is 2.50. The summed E-state index contributed by atoms with van der Waals surface area (Å²) in [6.45, 7) is -0.658. The van der Waals surface area contributed by atoms with E-state index in [1.165, 1.54) is 0 Å². The van der Waals surface area contributed by atoms with Gasteiger partial charge < -0.3 is 10.1 Å². The standard InChI is InChI=1S/C7H7N3O5/c11-5-2-8-4(1-9-5)7(14)10-15-3-6(12)13/h1-2H,3H2,(H,9,11)(H,10,14)(H,12,13). The third-order valence-electron chi connectivity index (χ3n) is 1.27. The maximum atomic E-state index is 11.1. The Morgan fingerprint density at radius 3 is 2.87 bits per heavy atom. The quantitative estimate of drug-likeness (QED) is 0.524.